The molecule has 0 bridgehead atoms. The highest BCUT2D eigenvalue weighted by molar-refractivity contribution is 7.20. The van der Waals surface area contributed by atoms with Crippen LogP contribution in [-0.4, -0.2) is 22.5 Å². The van der Waals surface area contributed by atoms with Crippen molar-refractivity contribution >= 4 is 50.1 Å². The van der Waals surface area contributed by atoms with Crippen molar-refractivity contribution in [1.29, 1.82) is 0 Å². The summed E-state index contributed by atoms with van der Waals surface area (Å²) in [6.45, 7) is 0.0962. The van der Waals surface area contributed by atoms with Gasteiger partial charge in [0, 0.05) is 10.4 Å². The average molecular weight is 387 g/mol. The van der Waals surface area contributed by atoms with Crippen LogP contribution in [0.5, 0.6) is 0 Å². The third kappa shape index (κ3) is 3.11. The van der Waals surface area contributed by atoms with Crippen molar-refractivity contribution in [3.63, 3.8) is 0 Å². The molecule has 1 aromatic carbocycles. The van der Waals surface area contributed by atoms with Gasteiger partial charge in [0.15, 0.2) is 5.01 Å². The fraction of sp³-hybridized carbons (Fsp3) is 0.111. The van der Waals surface area contributed by atoms with Crippen LogP contribution in [0.2, 0.25) is 0 Å². The molecule has 7 heteroatoms. The van der Waals surface area contributed by atoms with E-state index >= 15 is 0 Å². The third-order valence-corrected chi connectivity index (χ3v) is 6.66. The van der Waals surface area contributed by atoms with Gasteiger partial charge in [0.2, 0.25) is 0 Å². The summed E-state index contributed by atoms with van der Waals surface area (Å²) in [5.41, 5.74) is 0.356. The second-order valence-corrected chi connectivity index (χ2v) is 8.28. The van der Waals surface area contributed by atoms with Crippen LogP contribution < -0.4 is 5.32 Å². The molecule has 3 aromatic heterocycles. The number of nitrogens with one attached hydrogen (secondary N) is 1. The molecule has 3 heterocycles. The topological polar surface area (TPSA) is 62.2 Å². The van der Waals surface area contributed by atoms with Crippen LogP contribution in [0.4, 0.5) is 0 Å². The number of thiophene rings is 2. The molecule has 0 radical (unpaired) electrons. The number of nitrogens with zero attached hydrogens (tertiary/aromatic N) is 1. The molecular formula is C18H14N2O2S3. The van der Waals surface area contributed by atoms with Gasteiger partial charge in [0.1, 0.15) is 5.60 Å². The molecule has 2 N–H and O–H groups in total. The second-order valence-electron chi connectivity index (χ2n) is 5.52. The van der Waals surface area contributed by atoms with Gasteiger partial charge in [0.25, 0.3) is 5.91 Å². The SMILES string of the molecule is O=C(NC[C@](O)(c1ccsc1)c1cccs1)c1nc2ccccc2s1. The first kappa shape index (κ1) is 16.4. The van der Waals surface area contributed by atoms with E-state index in [-0.39, 0.29) is 12.5 Å². The first-order valence-electron chi connectivity index (χ1n) is 7.59. The van der Waals surface area contributed by atoms with Crippen LogP contribution >= 0.6 is 34.0 Å². The Bertz CT molecular complexity index is 923. The molecule has 0 saturated carbocycles. The number of hydrogen-bond donors (Lipinski definition) is 2. The lowest BCUT2D eigenvalue weighted by Gasteiger charge is -2.26. The predicted molar refractivity (Wildman–Crippen MR) is 104 cm³/mol. The Morgan fingerprint density at radius 2 is 2.04 bits per heavy atom. The highest BCUT2D eigenvalue weighted by Gasteiger charge is 2.34. The van der Waals surface area contributed by atoms with E-state index < -0.39 is 5.60 Å². The normalized spacial score (nSPS) is 13.6. The van der Waals surface area contributed by atoms with E-state index in [2.05, 4.69) is 10.3 Å². The number of thiazole rings is 1. The zero-order chi connectivity index (χ0) is 17.3. The van der Waals surface area contributed by atoms with E-state index in [4.69, 9.17) is 0 Å². The van der Waals surface area contributed by atoms with Crippen LogP contribution in [0.3, 0.4) is 0 Å². The first-order chi connectivity index (χ1) is 12.2. The van der Waals surface area contributed by atoms with E-state index in [9.17, 15) is 9.90 Å². The number of rotatable bonds is 5. The third-order valence-electron chi connectivity index (χ3n) is 3.92. The van der Waals surface area contributed by atoms with Crippen LogP contribution in [0, 0.1) is 0 Å². The van der Waals surface area contributed by atoms with Gasteiger partial charge in [-0.1, -0.05) is 18.2 Å². The van der Waals surface area contributed by atoms with Gasteiger partial charge in [-0.15, -0.1) is 22.7 Å². The van der Waals surface area contributed by atoms with Gasteiger partial charge in [-0.3, -0.25) is 4.79 Å². The summed E-state index contributed by atoms with van der Waals surface area (Å²) >= 11 is 4.34. The second kappa shape index (κ2) is 6.68. The number of amides is 1. The summed E-state index contributed by atoms with van der Waals surface area (Å²) in [7, 11) is 0. The molecule has 25 heavy (non-hydrogen) atoms. The van der Waals surface area contributed by atoms with Crippen molar-refractivity contribution in [2.75, 3.05) is 6.54 Å². The number of aliphatic hydroxyl groups is 1. The smallest absolute Gasteiger partial charge is 0.280 e. The van der Waals surface area contributed by atoms with E-state index in [1.807, 2.05) is 58.6 Å². The quantitative estimate of drug-likeness (QED) is 0.543. The summed E-state index contributed by atoms with van der Waals surface area (Å²) in [5.74, 6) is -0.272. The lowest BCUT2D eigenvalue weighted by molar-refractivity contribution is 0.0721. The van der Waals surface area contributed by atoms with Gasteiger partial charge < -0.3 is 10.4 Å². The molecule has 0 aliphatic rings. The van der Waals surface area contributed by atoms with Crippen molar-refractivity contribution in [2.24, 2.45) is 0 Å². The zero-order valence-corrected chi connectivity index (χ0v) is 15.5. The largest absolute Gasteiger partial charge is 0.378 e. The molecule has 4 aromatic rings. The van der Waals surface area contributed by atoms with E-state index in [1.165, 1.54) is 34.0 Å². The number of benzene rings is 1. The standard InChI is InChI=1S/C18H14N2O2S3/c21-16(17-20-13-4-1-2-5-14(13)25-17)19-11-18(22,12-7-9-23-10-12)15-6-3-8-24-15/h1-10,22H,11H2,(H,19,21)/t18-/m0/s1. The van der Waals surface area contributed by atoms with E-state index in [0.29, 0.717) is 5.01 Å². The predicted octanol–water partition coefficient (Wildman–Crippen LogP) is 4.09. The minimum absolute atomic E-state index is 0.0962. The van der Waals surface area contributed by atoms with Crippen molar-refractivity contribution in [1.82, 2.24) is 10.3 Å². The zero-order valence-electron chi connectivity index (χ0n) is 13.0. The first-order valence-corrected chi connectivity index (χ1v) is 10.2. The number of fused-ring (bicyclic) bond motifs is 1. The van der Waals surface area contributed by atoms with Crippen molar-refractivity contribution < 1.29 is 9.90 Å². The lowest BCUT2D eigenvalue weighted by Crippen LogP contribution is -2.40. The minimum Gasteiger partial charge on any atom is -0.378 e. The van der Waals surface area contributed by atoms with Gasteiger partial charge in [0.05, 0.1) is 16.8 Å². The maximum atomic E-state index is 12.5. The van der Waals surface area contributed by atoms with Gasteiger partial charge in [-0.25, -0.2) is 4.98 Å². The number of hydrogen-bond acceptors (Lipinski definition) is 6. The summed E-state index contributed by atoms with van der Waals surface area (Å²) in [5, 5.41) is 20.2. The van der Waals surface area contributed by atoms with Gasteiger partial charge in [-0.05, 0) is 40.4 Å². The van der Waals surface area contributed by atoms with Crippen molar-refractivity contribution in [2.45, 2.75) is 5.60 Å². The Hall–Kier alpha value is -2.06. The molecule has 1 atom stereocenters. The van der Waals surface area contributed by atoms with Crippen LogP contribution in [-0.2, 0) is 5.60 Å². The Balaban J connectivity index is 1.58. The molecule has 126 valence electrons. The molecule has 0 aliphatic carbocycles. The molecule has 0 saturated heterocycles. The molecule has 0 fully saturated rings. The number of para-hydroxylation sites is 1. The fourth-order valence-corrected chi connectivity index (χ4v) is 5.05. The Morgan fingerprint density at radius 3 is 2.76 bits per heavy atom. The van der Waals surface area contributed by atoms with Crippen molar-refractivity contribution in [3.05, 3.63) is 74.1 Å². The molecule has 0 aliphatic heterocycles. The summed E-state index contributed by atoms with van der Waals surface area (Å²) < 4.78 is 0.971. The fourth-order valence-electron chi connectivity index (χ4n) is 2.60. The molecule has 0 spiro atoms. The number of carbonyl (C=O) groups excluding carboxylic acids is 1. The van der Waals surface area contributed by atoms with Gasteiger partial charge in [-0.2, -0.15) is 11.3 Å². The molecule has 4 rings (SSSR count). The Labute approximate surface area is 156 Å². The van der Waals surface area contributed by atoms with Crippen LogP contribution in [0.15, 0.2) is 58.6 Å². The van der Waals surface area contributed by atoms with E-state index in [0.717, 1.165) is 20.7 Å². The molecular weight excluding hydrogens is 372 g/mol. The highest BCUT2D eigenvalue weighted by atomic mass is 32.1. The molecule has 4 nitrogen and oxygen atoms in total. The number of carbonyl (C=O) groups is 1. The summed E-state index contributed by atoms with van der Waals surface area (Å²) in [6, 6.07) is 13.3. The molecule has 1 amide bonds. The number of aromatic nitrogens is 1. The van der Waals surface area contributed by atoms with Gasteiger partial charge >= 0.3 is 0 Å². The highest BCUT2D eigenvalue weighted by Crippen LogP contribution is 2.33. The van der Waals surface area contributed by atoms with Crippen molar-refractivity contribution in [3.8, 4) is 0 Å². The van der Waals surface area contributed by atoms with E-state index in [1.54, 1.807) is 0 Å². The monoisotopic (exact) mass is 386 g/mol. The van der Waals surface area contributed by atoms with Crippen LogP contribution in [0.25, 0.3) is 10.2 Å². The summed E-state index contributed by atoms with van der Waals surface area (Å²) in [6.07, 6.45) is 0. The lowest BCUT2D eigenvalue weighted by atomic mass is 9.94. The Morgan fingerprint density at radius 1 is 1.16 bits per heavy atom. The maximum absolute atomic E-state index is 12.5. The average Bonchev–Trinajstić information content (AvgIpc) is 3.40. The minimum atomic E-state index is -1.24. The maximum Gasteiger partial charge on any atom is 0.280 e. The molecule has 0 unspecified atom stereocenters. The summed E-state index contributed by atoms with van der Waals surface area (Å²) in [4.78, 5) is 17.7. The Kier molecular flexibility index (Phi) is 4.39. The van der Waals surface area contributed by atoms with Crippen LogP contribution in [0.1, 0.15) is 20.2 Å².